The third kappa shape index (κ3) is 3.24. The molecule has 1 heterocycles. The van der Waals surface area contributed by atoms with Gasteiger partial charge in [-0.2, -0.15) is 0 Å². The Hall–Kier alpha value is -1.06. The highest BCUT2D eigenvalue weighted by Gasteiger charge is 2.21. The average Bonchev–Trinajstić information content (AvgIpc) is 2.41. The Balaban J connectivity index is 1.89. The molecule has 100 valence electrons. The molecule has 0 amide bonds. The molecule has 0 unspecified atom stereocenters. The molecule has 1 aliphatic rings. The van der Waals surface area contributed by atoms with Crippen LogP contribution in [0.2, 0.25) is 0 Å². The van der Waals surface area contributed by atoms with Gasteiger partial charge in [-0.15, -0.1) is 0 Å². The number of nitrogens with two attached hydrogens (primary N) is 1. The highest BCUT2D eigenvalue weighted by Crippen LogP contribution is 2.19. The monoisotopic (exact) mass is 247 g/mol. The van der Waals surface area contributed by atoms with Gasteiger partial charge in [0.2, 0.25) is 0 Å². The molecule has 1 fully saturated rings. The van der Waals surface area contributed by atoms with Crippen LogP contribution in [-0.4, -0.2) is 42.5 Å². The molecule has 1 saturated heterocycles. The van der Waals surface area contributed by atoms with Crippen LogP contribution in [0.3, 0.4) is 0 Å². The van der Waals surface area contributed by atoms with E-state index in [-0.39, 0.29) is 0 Å². The minimum Gasteiger partial charge on any atom is -0.398 e. The fourth-order valence-electron chi connectivity index (χ4n) is 2.75. The summed E-state index contributed by atoms with van der Waals surface area (Å²) in [6.07, 6.45) is 2.55. The van der Waals surface area contributed by atoms with Crippen LogP contribution in [0.15, 0.2) is 24.3 Å². The van der Waals surface area contributed by atoms with Gasteiger partial charge in [-0.05, 0) is 51.2 Å². The summed E-state index contributed by atoms with van der Waals surface area (Å²) in [7, 11) is 2.22. The molecule has 1 aromatic rings. The summed E-state index contributed by atoms with van der Waals surface area (Å²) in [5, 5.41) is 0. The summed E-state index contributed by atoms with van der Waals surface area (Å²) in [6.45, 7) is 6.85. The van der Waals surface area contributed by atoms with Gasteiger partial charge in [0.15, 0.2) is 0 Å². The van der Waals surface area contributed by atoms with E-state index in [2.05, 4.69) is 35.9 Å². The first-order valence-electron chi connectivity index (χ1n) is 6.96. The molecule has 3 nitrogen and oxygen atoms in total. The SMILES string of the molecule is CCN1CCC(N(C)Cc2ccccc2N)CC1. The van der Waals surface area contributed by atoms with Gasteiger partial charge in [-0.1, -0.05) is 25.1 Å². The molecular formula is C15H25N3. The maximum Gasteiger partial charge on any atom is 0.0359 e. The Bertz CT molecular complexity index is 370. The summed E-state index contributed by atoms with van der Waals surface area (Å²) in [4.78, 5) is 4.99. The number of nitrogen functional groups attached to an aromatic ring is 1. The highest BCUT2D eigenvalue weighted by atomic mass is 15.2. The summed E-state index contributed by atoms with van der Waals surface area (Å²) in [5.41, 5.74) is 8.17. The van der Waals surface area contributed by atoms with Gasteiger partial charge >= 0.3 is 0 Å². The standard InChI is InChI=1S/C15H25N3/c1-3-18-10-8-14(9-11-18)17(2)12-13-6-4-5-7-15(13)16/h4-7,14H,3,8-12,16H2,1-2H3. The van der Waals surface area contributed by atoms with E-state index >= 15 is 0 Å². The van der Waals surface area contributed by atoms with Crippen LogP contribution in [-0.2, 0) is 6.54 Å². The van der Waals surface area contributed by atoms with Gasteiger partial charge in [-0.25, -0.2) is 0 Å². The molecule has 2 N–H and O–H groups in total. The fraction of sp³-hybridized carbons (Fsp3) is 0.600. The third-order valence-corrected chi connectivity index (χ3v) is 4.10. The normalized spacial score (nSPS) is 18.4. The van der Waals surface area contributed by atoms with Crippen molar-refractivity contribution < 1.29 is 0 Å². The van der Waals surface area contributed by atoms with Crippen molar-refractivity contribution in [2.75, 3.05) is 32.4 Å². The van der Waals surface area contributed by atoms with Gasteiger partial charge in [0, 0.05) is 18.3 Å². The molecule has 0 saturated carbocycles. The fourth-order valence-corrected chi connectivity index (χ4v) is 2.75. The van der Waals surface area contributed by atoms with Crippen molar-refractivity contribution in [2.45, 2.75) is 32.4 Å². The lowest BCUT2D eigenvalue weighted by molar-refractivity contribution is 0.127. The van der Waals surface area contributed by atoms with Crippen LogP contribution in [0.25, 0.3) is 0 Å². The number of hydrogen-bond acceptors (Lipinski definition) is 3. The predicted molar refractivity (Wildman–Crippen MR) is 77.5 cm³/mol. The molecular weight excluding hydrogens is 222 g/mol. The van der Waals surface area contributed by atoms with Gasteiger partial charge in [-0.3, -0.25) is 4.90 Å². The van der Waals surface area contributed by atoms with Crippen molar-refractivity contribution >= 4 is 5.69 Å². The lowest BCUT2D eigenvalue weighted by atomic mass is 10.0. The van der Waals surface area contributed by atoms with Crippen LogP contribution < -0.4 is 5.73 Å². The van der Waals surface area contributed by atoms with Crippen molar-refractivity contribution in [2.24, 2.45) is 0 Å². The molecule has 18 heavy (non-hydrogen) atoms. The van der Waals surface area contributed by atoms with Crippen LogP contribution >= 0.6 is 0 Å². The maximum atomic E-state index is 6.01. The Morgan fingerprint density at radius 1 is 1.28 bits per heavy atom. The topological polar surface area (TPSA) is 32.5 Å². The lowest BCUT2D eigenvalue weighted by Crippen LogP contribution is -2.42. The zero-order valence-corrected chi connectivity index (χ0v) is 11.6. The van der Waals surface area contributed by atoms with Crippen molar-refractivity contribution in [3.05, 3.63) is 29.8 Å². The molecule has 1 aromatic carbocycles. The molecule has 0 spiro atoms. The number of likely N-dealkylation sites (tertiary alicyclic amines) is 1. The Kier molecular flexibility index (Phi) is 4.61. The van der Waals surface area contributed by atoms with E-state index in [4.69, 9.17) is 5.73 Å². The first-order chi connectivity index (χ1) is 8.70. The van der Waals surface area contributed by atoms with E-state index < -0.39 is 0 Å². The van der Waals surface area contributed by atoms with Crippen LogP contribution in [0, 0.1) is 0 Å². The average molecular weight is 247 g/mol. The molecule has 2 rings (SSSR count). The summed E-state index contributed by atoms with van der Waals surface area (Å²) in [5.74, 6) is 0. The summed E-state index contributed by atoms with van der Waals surface area (Å²) >= 11 is 0. The van der Waals surface area contributed by atoms with E-state index in [1.807, 2.05) is 12.1 Å². The molecule has 0 aromatic heterocycles. The number of rotatable bonds is 4. The molecule has 3 heteroatoms. The molecule has 1 aliphatic heterocycles. The molecule has 0 bridgehead atoms. The first-order valence-corrected chi connectivity index (χ1v) is 6.96. The minimum absolute atomic E-state index is 0.701. The van der Waals surface area contributed by atoms with Crippen LogP contribution in [0.1, 0.15) is 25.3 Å². The van der Waals surface area contributed by atoms with Gasteiger partial charge < -0.3 is 10.6 Å². The Labute approximate surface area is 111 Å². The number of anilines is 1. The number of piperidine rings is 1. The second-order valence-corrected chi connectivity index (χ2v) is 5.28. The lowest BCUT2D eigenvalue weighted by Gasteiger charge is -2.36. The van der Waals surface area contributed by atoms with Gasteiger partial charge in [0.05, 0.1) is 0 Å². The summed E-state index contributed by atoms with van der Waals surface area (Å²) < 4.78 is 0. The highest BCUT2D eigenvalue weighted by molar-refractivity contribution is 5.46. The quantitative estimate of drug-likeness (QED) is 0.828. The van der Waals surface area contributed by atoms with Gasteiger partial charge in [0.25, 0.3) is 0 Å². The number of para-hydroxylation sites is 1. The second-order valence-electron chi connectivity index (χ2n) is 5.28. The van der Waals surface area contributed by atoms with E-state index in [1.54, 1.807) is 0 Å². The van der Waals surface area contributed by atoms with E-state index in [1.165, 1.54) is 38.0 Å². The molecule has 0 radical (unpaired) electrons. The number of benzene rings is 1. The maximum absolute atomic E-state index is 6.01. The van der Waals surface area contributed by atoms with Crippen molar-refractivity contribution in [1.29, 1.82) is 0 Å². The minimum atomic E-state index is 0.701. The van der Waals surface area contributed by atoms with Crippen LogP contribution in [0.5, 0.6) is 0 Å². The molecule has 0 aliphatic carbocycles. The smallest absolute Gasteiger partial charge is 0.0359 e. The van der Waals surface area contributed by atoms with Crippen molar-refractivity contribution in [3.63, 3.8) is 0 Å². The molecule has 0 atom stereocenters. The third-order valence-electron chi connectivity index (χ3n) is 4.10. The van der Waals surface area contributed by atoms with E-state index in [9.17, 15) is 0 Å². The number of hydrogen-bond donors (Lipinski definition) is 1. The zero-order valence-electron chi connectivity index (χ0n) is 11.6. The van der Waals surface area contributed by atoms with Crippen molar-refractivity contribution in [1.82, 2.24) is 9.80 Å². The van der Waals surface area contributed by atoms with E-state index in [0.717, 1.165) is 12.2 Å². The second kappa shape index (κ2) is 6.21. The summed E-state index contributed by atoms with van der Waals surface area (Å²) in [6, 6.07) is 8.89. The van der Waals surface area contributed by atoms with Crippen LogP contribution in [0.4, 0.5) is 5.69 Å². The number of nitrogens with zero attached hydrogens (tertiary/aromatic N) is 2. The predicted octanol–water partition coefficient (Wildman–Crippen LogP) is 2.18. The zero-order chi connectivity index (χ0) is 13.0. The largest absolute Gasteiger partial charge is 0.398 e. The Morgan fingerprint density at radius 3 is 2.56 bits per heavy atom. The van der Waals surface area contributed by atoms with Gasteiger partial charge in [0.1, 0.15) is 0 Å². The first kappa shape index (κ1) is 13.4. The van der Waals surface area contributed by atoms with Crippen molar-refractivity contribution in [3.8, 4) is 0 Å². The Morgan fingerprint density at radius 2 is 1.94 bits per heavy atom. The van der Waals surface area contributed by atoms with E-state index in [0.29, 0.717) is 6.04 Å².